The van der Waals surface area contributed by atoms with Crippen molar-refractivity contribution in [1.82, 2.24) is 9.88 Å². The van der Waals surface area contributed by atoms with Gasteiger partial charge in [-0.1, -0.05) is 37.1 Å². The molecular formula is C32H50N2O4S. The molecular weight excluding hydrogens is 508 g/mol. The van der Waals surface area contributed by atoms with Gasteiger partial charge in [-0.25, -0.2) is 0 Å². The number of nitrogens with one attached hydrogen (secondary N) is 1. The number of ether oxygens (including phenoxy) is 1. The molecule has 0 spiro atoms. The predicted octanol–water partition coefficient (Wildman–Crippen LogP) is 5.84. The van der Waals surface area contributed by atoms with E-state index in [-0.39, 0.29) is 28.7 Å². The van der Waals surface area contributed by atoms with Gasteiger partial charge in [0.1, 0.15) is 5.75 Å². The number of pyridine rings is 1. The van der Waals surface area contributed by atoms with Crippen molar-refractivity contribution in [3.05, 3.63) is 51.0 Å². The van der Waals surface area contributed by atoms with E-state index in [2.05, 4.69) is 52.1 Å². The molecule has 2 atom stereocenters. The van der Waals surface area contributed by atoms with E-state index in [9.17, 15) is 14.7 Å². The van der Waals surface area contributed by atoms with Crippen LogP contribution in [-0.2, 0) is 24.2 Å². The zero-order chi connectivity index (χ0) is 28.4. The van der Waals surface area contributed by atoms with Gasteiger partial charge in [0, 0.05) is 37.0 Å². The molecule has 6 nitrogen and oxygen atoms in total. The van der Waals surface area contributed by atoms with Crippen LogP contribution in [0.25, 0.3) is 0 Å². The van der Waals surface area contributed by atoms with Gasteiger partial charge in [-0.2, -0.15) is 0 Å². The first-order chi connectivity index (χ1) is 18.6. The van der Waals surface area contributed by atoms with E-state index in [0.29, 0.717) is 44.2 Å². The van der Waals surface area contributed by atoms with E-state index in [1.807, 2.05) is 4.57 Å². The molecule has 218 valence electrons. The highest BCUT2D eigenvalue weighted by Gasteiger charge is 2.37. The monoisotopic (exact) mass is 558 g/mol. The van der Waals surface area contributed by atoms with E-state index >= 15 is 0 Å². The third-order valence-corrected chi connectivity index (χ3v) is 9.53. The molecule has 2 unspecified atom stereocenters. The van der Waals surface area contributed by atoms with Gasteiger partial charge in [0.05, 0.1) is 11.9 Å². The Morgan fingerprint density at radius 3 is 2.74 bits per heavy atom. The average molecular weight is 559 g/mol. The molecule has 39 heavy (non-hydrogen) atoms. The van der Waals surface area contributed by atoms with E-state index in [4.69, 9.17) is 4.74 Å². The Labute approximate surface area is 239 Å². The van der Waals surface area contributed by atoms with Crippen LogP contribution in [0.15, 0.2) is 34.2 Å². The zero-order valence-corrected chi connectivity index (χ0v) is 25.6. The number of carbonyl (C=O) groups excluding carboxylic acids is 1. The highest BCUT2D eigenvalue weighted by Crippen LogP contribution is 2.44. The fourth-order valence-electron chi connectivity index (χ4n) is 5.64. The molecule has 2 heterocycles. The van der Waals surface area contributed by atoms with Crippen LogP contribution in [0.3, 0.4) is 0 Å². The summed E-state index contributed by atoms with van der Waals surface area (Å²) in [5.41, 5.74) is 4.97. The normalized spacial score (nSPS) is 20.4. The lowest BCUT2D eigenvalue weighted by molar-refractivity contribution is -0.120. The molecule has 1 aliphatic carbocycles. The number of nitrogens with zero attached hydrogens (tertiary/aromatic N) is 1. The molecule has 0 saturated carbocycles. The van der Waals surface area contributed by atoms with Gasteiger partial charge in [-0.3, -0.25) is 9.59 Å². The summed E-state index contributed by atoms with van der Waals surface area (Å²) < 4.78 is 8.09. The SMILES string of the molecule is CC(C)=CCC/C(C)=C\CC1Cc2c(OCCCNC(=O)C3CCCS3)cc(=O)n(CCCO)c2CC1(C)C. The first-order valence-electron chi connectivity index (χ1n) is 14.8. The van der Waals surface area contributed by atoms with Gasteiger partial charge in [-0.05, 0) is 95.6 Å². The van der Waals surface area contributed by atoms with Gasteiger partial charge in [0.2, 0.25) is 5.91 Å². The average Bonchev–Trinajstić information content (AvgIpc) is 3.41. The number of fused-ring (bicyclic) bond motifs is 1. The first-order valence-corrected chi connectivity index (χ1v) is 15.8. The van der Waals surface area contributed by atoms with Crippen molar-refractivity contribution in [2.24, 2.45) is 11.3 Å². The van der Waals surface area contributed by atoms with Crippen molar-refractivity contribution in [3.8, 4) is 5.75 Å². The highest BCUT2D eigenvalue weighted by molar-refractivity contribution is 8.00. The van der Waals surface area contributed by atoms with E-state index in [1.165, 1.54) is 11.1 Å². The predicted molar refractivity (Wildman–Crippen MR) is 163 cm³/mol. The lowest BCUT2D eigenvalue weighted by atomic mass is 9.66. The molecule has 0 bridgehead atoms. The molecule has 1 aliphatic heterocycles. The van der Waals surface area contributed by atoms with E-state index < -0.39 is 0 Å². The smallest absolute Gasteiger partial charge is 0.254 e. The molecule has 7 heteroatoms. The van der Waals surface area contributed by atoms with Gasteiger partial charge in [0.15, 0.2) is 0 Å². The second-order valence-electron chi connectivity index (χ2n) is 12.2. The highest BCUT2D eigenvalue weighted by atomic mass is 32.2. The van der Waals surface area contributed by atoms with Crippen LogP contribution in [0.2, 0.25) is 0 Å². The summed E-state index contributed by atoms with van der Waals surface area (Å²) in [5, 5.41) is 12.6. The van der Waals surface area contributed by atoms with E-state index in [0.717, 1.165) is 62.0 Å². The topological polar surface area (TPSA) is 80.6 Å². The second-order valence-corrected chi connectivity index (χ2v) is 13.5. The van der Waals surface area contributed by atoms with Crippen LogP contribution in [0.4, 0.5) is 0 Å². The lowest BCUT2D eigenvalue weighted by Gasteiger charge is -2.41. The van der Waals surface area contributed by atoms with Crippen LogP contribution >= 0.6 is 11.8 Å². The molecule has 0 radical (unpaired) electrons. The number of rotatable bonds is 14. The number of thioether (sulfide) groups is 1. The molecule has 1 aromatic heterocycles. The fourth-order valence-corrected chi connectivity index (χ4v) is 6.82. The minimum atomic E-state index is -0.0620. The standard InChI is InChI=1S/C32H50N2O4S/c1-23(2)10-6-11-24(3)13-14-25-20-26-27(22-32(25,4)5)34(16-9-17-35)30(36)21-28(26)38-18-8-15-33-31(37)29-12-7-19-39-29/h10,13,21,25,29,35H,6-9,11-12,14-20,22H2,1-5H3,(H,33,37)/b24-13-. The quantitative estimate of drug-likeness (QED) is 0.222. The number of aliphatic hydroxyl groups is 1. The maximum absolute atomic E-state index is 13.1. The summed E-state index contributed by atoms with van der Waals surface area (Å²) in [7, 11) is 0. The Morgan fingerprint density at radius 2 is 2.05 bits per heavy atom. The van der Waals surface area contributed by atoms with Crippen LogP contribution in [0.1, 0.15) is 90.8 Å². The van der Waals surface area contributed by atoms with Crippen molar-refractivity contribution < 1.29 is 14.6 Å². The van der Waals surface area contributed by atoms with E-state index in [1.54, 1.807) is 17.8 Å². The van der Waals surface area contributed by atoms with Crippen LogP contribution < -0.4 is 15.6 Å². The van der Waals surface area contributed by atoms with Crippen LogP contribution in [0, 0.1) is 11.3 Å². The Bertz CT molecular complexity index is 1080. The number of carbonyl (C=O) groups is 1. The summed E-state index contributed by atoms with van der Waals surface area (Å²) in [6, 6.07) is 1.64. The van der Waals surface area contributed by atoms with Gasteiger partial charge in [0.25, 0.3) is 5.56 Å². The summed E-state index contributed by atoms with van der Waals surface area (Å²) >= 11 is 1.74. The zero-order valence-electron chi connectivity index (χ0n) is 24.8. The lowest BCUT2D eigenvalue weighted by Crippen LogP contribution is -2.38. The van der Waals surface area contributed by atoms with Crippen LogP contribution in [-0.4, -0.2) is 46.3 Å². The first kappa shape index (κ1) is 31.5. The third kappa shape index (κ3) is 9.28. The minimum Gasteiger partial charge on any atom is -0.493 e. The molecule has 3 rings (SSSR count). The second kappa shape index (κ2) is 15.1. The fraction of sp³-hybridized carbons (Fsp3) is 0.688. The number of hydrogen-bond acceptors (Lipinski definition) is 5. The molecule has 1 amide bonds. The maximum Gasteiger partial charge on any atom is 0.254 e. The molecule has 1 aromatic rings. The minimum absolute atomic E-state index is 0.0399. The number of aliphatic hydroxyl groups excluding tert-OH is 1. The number of amides is 1. The molecule has 1 fully saturated rings. The molecule has 1 saturated heterocycles. The Kier molecular flexibility index (Phi) is 12.2. The largest absolute Gasteiger partial charge is 0.493 e. The van der Waals surface area contributed by atoms with Crippen molar-refractivity contribution in [3.63, 3.8) is 0 Å². The number of allylic oxidation sites excluding steroid dienone is 4. The molecule has 0 aromatic carbocycles. The van der Waals surface area contributed by atoms with Crippen molar-refractivity contribution >= 4 is 17.7 Å². The Balaban J connectivity index is 1.71. The number of hydrogen-bond donors (Lipinski definition) is 2. The summed E-state index contributed by atoms with van der Waals surface area (Å²) in [4.78, 5) is 25.4. The van der Waals surface area contributed by atoms with Gasteiger partial charge in [-0.15, -0.1) is 11.8 Å². The summed E-state index contributed by atoms with van der Waals surface area (Å²) in [6.45, 7) is 12.8. The molecule has 2 aliphatic rings. The Hall–Kier alpha value is -1.99. The maximum atomic E-state index is 13.1. The summed E-state index contributed by atoms with van der Waals surface area (Å²) in [6.07, 6.45) is 12.9. The van der Waals surface area contributed by atoms with Crippen LogP contribution in [0.5, 0.6) is 5.75 Å². The van der Waals surface area contributed by atoms with Crippen molar-refractivity contribution in [2.45, 2.75) is 104 Å². The Morgan fingerprint density at radius 1 is 1.26 bits per heavy atom. The summed E-state index contributed by atoms with van der Waals surface area (Å²) in [5.74, 6) is 2.34. The molecule has 2 N–H and O–H groups in total. The number of aromatic nitrogens is 1. The van der Waals surface area contributed by atoms with Gasteiger partial charge >= 0.3 is 0 Å². The van der Waals surface area contributed by atoms with Crippen molar-refractivity contribution in [2.75, 3.05) is 25.5 Å². The van der Waals surface area contributed by atoms with Gasteiger partial charge < -0.3 is 19.7 Å². The van der Waals surface area contributed by atoms with Crippen molar-refractivity contribution in [1.29, 1.82) is 0 Å². The third-order valence-electron chi connectivity index (χ3n) is 8.15.